The summed E-state index contributed by atoms with van der Waals surface area (Å²) in [4.78, 5) is 14.1. The minimum atomic E-state index is -0.465. The van der Waals surface area contributed by atoms with Crippen LogP contribution >= 0.6 is 27.5 Å². The number of carbonyl (C=O) groups is 1. The Labute approximate surface area is 126 Å². The van der Waals surface area contributed by atoms with Crippen molar-refractivity contribution in [3.05, 3.63) is 34.1 Å². The summed E-state index contributed by atoms with van der Waals surface area (Å²) in [5.74, 6) is 0.356. The first-order chi connectivity index (χ1) is 9.11. The Morgan fingerprint density at radius 2 is 2.32 bits per heavy atom. The van der Waals surface area contributed by atoms with E-state index in [0.717, 1.165) is 19.3 Å². The molecule has 0 N–H and O–H groups in total. The Morgan fingerprint density at radius 3 is 3.05 bits per heavy atom. The van der Waals surface area contributed by atoms with Gasteiger partial charge in [0.1, 0.15) is 5.82 Å². The maximum absolute atomic E-state index is 13.7. The number of piperidine rings is 1. The van der Waals surface area contributed by atoms with Crippen LogP contribution in [0.2, 0.25) is 0 Å². The molecule has 1 heterocycles. The molecule has 0 radical (unpaired) electrons. The Balaban J connectivity index is 2.12. The van der Waals surface area contributed by atoms with Gasteiger partial charge in [-0.3, -0.25) is 4.79 Å². The minimum absolute atomic E-state index is 0.140. The van der Waals surface area contributed by atoms with Crippen molar-refractivity contribution in [3.63, 3.8) is 0 Å². The van der Waals surface area contributed by atoms with Crippen molar-refractivity contribution >= 4 is 33.4 Å². The Morgan fingerprint density at radius 1 is 1.53 bits per heavy atom. The molecule has 1 aromatic carbocycles. The van der Waals surface area contributed by atoms with Crippen LogP contribution in [0.25, 0.3) is 0 Å². The molecular formula is C14H16BrClFNO. The molecule has 19 heavy (non-hydrogen) atoms. The van der Waals surface area contributed by atoms with Crippen molar-refractivity contribution in [2.24, 2.45) is 5.92 Å². The number of likely N-dealkylation sites (tertiary alicyclic amines) is 1. The second kappa shape index (κ2) is 6.71. The monoisotopic (exact) mass is 347 g/mol. The molecule has 1 unspecified atom stereocenters. The molecule has 0 aromatic heterocycles. The van der Waals surface area contributed by atoms with Crippen molar-refractivity contribution in [3.8, 4) is 0 Å². The SMILES string of the molecule is O=C(c1cc(Br)ccc1F)N1CCCC(CCCl)C1. The van der Waals surface area contributed by atoms with Crippen LogP contribution in [0.15, 0.2) is 22.7 Å². The highest BCUT2D eigenvalue weighted by atomic mass is 79.9. The van der Waals surface area contributed by atoms with Gasteiger partial charge in [-0.25, -0.2) is 4.39 Å². The van der Waals surface area contributed by atoms with Gasteiger partial charge in [0.2, 0.25) is 0 Å². The second-order valence-electron chi connectivity index (χ2n) is 4.86. The lowest BCUT2D eigenvalue weighted by molar-refractivity contribution is 0.0667. The van der Waals surface area contributed by atoms with Crippen LogP contribution in [-0.4, -0.2) is 29.8 Å². The van der Waals surface area contributed by atoms with Crippen LogP contribution in [0.1, 0.15) is 29.6 Å². The number of carbonyl (C=O) groups excluding carboxylic acids is 1. The first kappa shape index (κ1) is 14.8. The third-order valence-electron chi connectivity index (χ3n) is 3.48. The van der Waals surface area contributed by atoms with Gasteiger partial charge in [-0.15, -0.1) is 11.6 Å². The van der Waals surface area contributed by atoms with E-state index in [1.807, 2.05) is 0 Å². The van der Waals surface area contributed by atoms with E-state index in [2.05, 4.69) is 15.9 Å². The number of amides is 1. The minimum Gasteiger partial charge on any atom is -0.338 e. The molecule has 0 saturated carbocycles. The zero-order valence-corrected chi connectivity index (χ0v) is 12.9. The second-order valence-corrected chi connectivity index (χ2v) is 6.15. The summed E-state index contributed by atoms with van der Waals surface area (Å²) in [6.45, 7) is 1.38. The van der Waals surface area contributed by atoms with Gasteiger partial charge < -0.3 is 4.90 Å². The van der Waals surface area contributed by atoms with E-state index in [9.17, 15) is 9.18 Å². The standard InChI is InChI=1S/C14H16BrClFNO/c15-11-3-4-13(17)12(8-11)14(19)18-7-1-2-10(9-18)5-6-16/h3-4,8,10H,1-2,5-7,9H2. The van der Waals surface area contributed by atoms with E-state index in [1.165, 1.54) is 6.07 Å². The number of halogens is 3. The summed E-state index contributed by atoms with van der Waals surface area (Å²) in [6.07, 6.45) is 2.96. The molecule has 104 valence electrons. The summed E-state index contributed by atoms with van der Waals surface area (Å²) in [5.41, 5.74) is 0.140. The highest BCUT2D eigenvalue weighted by molar-refractivity contribution is 9.10. The molecular weight excluding hydrogens is 333 g/mol. The molecule has 2 nitrogen and oxygen atoms in total. The fourth-order valence-electron chi connectivity index (χ4n) is 2.47. The lowest BCUT2D eigenvalue weighted by Gasteiger charge is -2.32. The fraction of sp³-hybridized carbons (Fsp3) is 0.500. The Kier molecular flexibility index (Phi) is 5.22. The van der Waals surface area contributed by atoms with E-state index in [-0.39, 0.29) is 11.5 Å². The van der Waals surface area contributed by atoms with Crippen LogP contribution in [0.3, 0.4) is 0 Å². The molecule has 1 aromatic rings. The van der Waals surface area contributed by atoms with E-state index in [4.69, 9.17) is 11.6 Å². The first-order valence-electron chi connectivity index (χ1n) is 6.42. The fourth-order valence-corrected chi connectivity index (χ4v) is 3.14. The summed E-state index contributed by atoms with van der Waals surface area (Å²) >= 11 is 9.03. The van der Waals surface area contributed by atoms with Gasteiger partial charge in [0.15, 0.2) is 0 Å². The van der Waals surface area contributed by atoms with Gasteiger partial charge in [0.05, 0.1) is 5.56 Å². The Bertz CT molecular complexity index is 467. The molecule has 1 atom stereocenters. The van der Waals surface area contributed by atoms with Gasteiger partial charge in [0, 0.05) is 23.4 Å². The van der Waals surface area contributed by atoms with Crippen molar-refractivity contribution in [2.45, 2.75) is 19.3 Å². The van der Waals surface area contributed by atoms with Crippen LogP contribution in [0, 0.1) is 11.7 Å². The van der Waals surface area contributed by atoms with E-state index < -0.39 is 5.82 Å². The number of nitrogens with zero attached hydrogens (tertiary/aromatic N) is 1. The number of rotatable bonds is 3. The predicted octanol–water partition coefficient (Wildman–Crippen LogP) is 4.07. The van der Waals surface area contributed by atoms with Crippen molar-refractivity contribution < 1.29 is 9.18 Å². The third-order valence-corrected chi connectivity index (χ3v) is 4.19. The average Bonchev–Trinajstić information content (AvgIpc) is 2.41. The van der Waals surface area contributed by atoms with Crippen molar-refractivity contribution in [1.82, 2.24) is 4.90 Å². The van der Waals surface area contributed by atoms with Crippen LogP contribution in [0.5, 0.6) is 0 Å². The van der Waals surface area contributed by atoms with Gasteiger partial charge >= 0.3 is 0 Å². The molecule has 1 aliphatic rings. The highest BCUT2D eigenvalue weighted by Gasteiger charge is 2.25. The number of alkyl halides is 1. The topological polar surface area (TPSA) is 20.3 Å². The maximum Gasteiger partial charge on any atom is 0.256 e. The quantitative estimate of drug-likeness (QED) is 0.754. The smallest absolute Gasteiger partial charge is 0.256 e. The third kappa shape index (κ3) is 3.69. The number of benzene rings is 1. The zero-order valence-electron chi connectivity index (χ0n) is 10.5. The van der Waals surface area contributed by atoms with Gasteiger partial charge in [0.25, 0.3) is 5.91 Å². The molecule has 1 aliphatic heterocycles. The van der Waals surface area contributed by atoms with Crippen molar-refractivity contribution in [1.29, 1.82) is 0 Å². The molecule has 0 bridgehead atoms. The number of hydrogen-bond donors (Lipinski definition) is 0. The summed E-state index contributed by atoms with van der Waals surface area (Å²) in [5, 5.41) is 0. The normalized spacial score (nSPS) is 19.5. The van der Waals surface area contributed by atoms with Gasteiger partial charge in [-0.05, 0) is 43.4 Å². The lowest BCUT2D eigenvalue weighted by atomic mass is 9.95. The lowest BCUT2D eigenvalue weighted by Crippen LogP contribution is -2.40. The molecule has 1 saturated heterocycles. The molecule has 1 fully saturated rings. The maximum atomic E-state index is 13.7. The van der Waals surface area contributed by atoms with Gasteiger partial charge in [-0.2, -0.15) is 0 Å². The van der Waals surface area contributed by atoms with Crippen LogP contribution in [0.4, 0.5) is 4.39 Å². The molecule has 0 aliphatic carbocycles. The van der Waals surface area contributed by atoms with Crippen LogP contribution in [-0.2, 0) is 0 Å². The summed E-state index contributed by atoms with van der Waals surface area (Å²) < 4.78 is 14.4. The average molecular weight is 349 g/mol. The van der Waals surface area contributed by atoms with Crippen molar-refractivity contribution in [2.75, 3.05) is 19.0 Å². The van der Waals surface area contributed by atoms with E-state index in [1.54, 1.807) is 17.0 Å². The molecule has 0 spiro atoms. The number of hydrogen-bond acceptors (Lipinski definition) is 1. The van der Waals surface area contributed by atoms with Crippen LogP contribution < -0.4 is 0 Å². The largest absolute Gasteiger partial charge is 0.338 e. The highest BCUT2D eigenvalue weighted by Crippen LogP contribution is 2.23. The Hall–Kier alpha value is -0.610. The molecule has 1 amide bonds. The van der Waals surface area contributed by atoms with E-state index >= 15 is 0 Å². The van der Waals surface area contributed by atoms with E-state index in [0.29, 0.717) is 29.4 Å². The molecule has 5 heteroatoms. The first-order valence-corrected chi connectivity index (χ1v) is 7.75. The predicted molar refractivity (Wildman–Crippen MR) is 78.1 cm³/mol. The van der Waals surface area contributed by atoms with Gasteiger partial charge in [-0.1, -0.05) is 15.9 Å². The zero-order chi connectivity index (χ0) is 13.8. The summed E-state index contributed by atoms with van der Waals surface area (Å²) in [6, 6.07) is 4.46. The summed E-state index contributed by atoms with van der Waals surface area (Å²) in [7, 11) is 0. The molecule has 2 rings (SSSR count).